The fourth-order valence-electron chi connectivity index (χ4n) is 1.48. The summed E-state index contributed by atoms with van der Waals surface area (Å²) in [5.74, 6) is 1.13. The maximum atomic E-state index is 8.68. The molecule has 0 saturated heterocycles. The van der Waals surface area contributed by atoms with Gasteiger partial charge in [0, 0.05) is 7.05 Å². The minimum atomic E-state index is 0.507. The van der Waals surface area contributed by atoms with Crippen molar-refractivity contribution in [2.75, 3.05) is 5.73 Å². The molecule has 2 rings (SSSR count). The molecule has 0 unspecified atom stereocenters. The molecule has 1 aromatic carbocycles. The van der Waals surface area contributed by atoms with Crippen LogP contribution >= 0.6 is 0 Å². The maximum absolute atomic E-state index is 8.68. The Kier molecular flexibility index (Phi) is 2.71. The number of nitrogens with zero attached hydrogens (tertiary/aromatic N) is 3. The number of nitrogen functional groups attached to an aromatic ring is 1. The van der Waals surface area contributed by atoms with Gasteiger partial charge in [-0.1, -0.05) is 0 Å². The third-order valence-electron chi connectivity index (χ3n) is 2.41. The second-order valence-corrected chi connectivity index (χ2v) is 3.67. The van der Waals surface area contributed by atoms with Crippen LogP contribution in [0.25, 0.3) is 0 Å². The van der Waals surface area contributed by atoms with E-state index in [-0.39, 0.29) is 0 Å². The van der Waals surface area contributed by atoms with Crippen LogP contribution in [0.5, 0.6) is 11.6 Å². The van der Waals surface area contributed by atoms with Gasteiger partial charge in [0.1, 0.15) is 11.4 Å². The summed E-state index contributed by atoms with van der Waals surface area (Å²) < 4.78 is 7.21. The number of nitrogens with two attached hydrogens (primary N) is 1. The van der Waals surface area contributed by atoms with Gasteiger partial charge in [0.25, 0.3) is 0 Å². The minimum absolute atomic E-state index is 0.507. The van der Waals surface area contributed by atoms with Gasteiger partial charge in [0.2, 0.25) is 5.88 Å². The van der Waals surface area contributed by atoms with E-state index < -0.39 is 0 Å². The second kappa shape index (κ2) is 4.18. The molecule has 86 valence electrons. The van der Waals surface area contributed by atoms with E-state index >= 15 is 0 Å². The molecule has 0 spiro atoms. The van der Waals surface area contributed by atoms with Crippen LogP contribution in [0.1, 0.15) is 11.3 Å². The van der Waals surface area contributed by atoms with E-state index in [4.69, 9.17) is 15.7 Å². The minimum Gasteiger partial charge on any atom is -0.437 e. The number of aryl methyl sites for hydroxylation is 2. The Morgan fingerprint density at radius 2 is 2.00 bits per heavy atom. The number of benzene rings is 1. The van der Waals surface area contributed by atoms with Crippen LogP contribution in [0.3, 0.4) is 0 Å². The summed E-state index contributed by atoms with van der Waals surface area (Å²) >= 11 is 0. The van der Waals surface area contributed by atoms with Crippen molar-refractivity contribution in [3.8, 4) is 17.7 Å². The van der Waals surface area contributed by atoms with Crippen LogP contribution in [-0.4, -0.2) is 9.78 Å². The molecule has 1 heterocycles. The van der Waals surface area contributed by atoms with Crippen molar-refractivity contribution in [1.29, 1.82) is 5.26 Å². The molecule has 2 aromatic rings. The zero-order valence-corrected chi connectivity index (χ0v) is 9.64. The molecule has 5 heteroatoms. The van der Waals surface area contributed by atoms with Crippen LogP contribution in [0, 0.1) is 18.3 Å². The van der Waals surface area contributed by atoms with Gasteiger partial charge in [-0.15, -0.1) is 0 Å². The first-order chi connectivity index (χ1) is 8.11. The van der Waals surface area contributed by atoms with E-state index in [1.165, 1.54) is 0 Å². The topological polar surface area (TPSA) is 76.9 Å². The first-order valence-electron chi connectivity index (χ1n) is 5.09. The van der Waals surface area contributed by atoms with E-state index in [2.05, 4.69) is 5.10 Å². The lowest BCUT2D eigenvalue weighted by molar-refractivity contribution is 0.432. The summed E-state index contributed by atoms with van der Waals surface area (Å²) in [6.45, 7) is 1.82. The molecule has 0 radical (unpaired) electrons. The molecule has 2 N–H and O–H groups in total. The number of anilines is 1. The van der Waals surface area contributed by atoms with E-state index in [0.717, 1.165) is 5.69 Å². The highest BCUT2D eigenvalue weighted by atomic mass is 16.5. The molecular formula is C12H12N4O. The Labute approximate surface area is 99.0 Å². The monoisotopic (exact) mass is 228 g/mol. The fourth-order valence-corrected chi connectivity index (χ4v) is 1.48. The molecule has 17 heavy (non-hydrogen) atoms. The first kappa shape index (κ1) is 11.0. The fraction of sp³-hybridized carbons (Fsp3) is 0.167. The molecule has 1 aromatic heterocycles. The van der Waals surface area contributed by atoms with Crippen molar-refractivity contribution in [2.24, 2.45) is 7.05 Å². The Bertz CT molecular complexity index is 578. The van der Waals surface area contributed by atoms with Crippen LogP contribution < -0.4 is 10.5 Å². The zero-order chi connectivity index (χ0) is 12.4. The highest BCUT2D eigenvalue weighted by molar-refractivity contribution is 5.54. The van der Waals surface area contributed by atoms with Crippen LogP contribution in [0.2, 0.25) is 0 Å². The third kappa shape index (κ3) is 2.06. The van der Waals surface area contributed by atoms with Crippen molar-refractivity contribution < 1.29 is 4.74 Å². The second-order valence-electron chi connectivity index (χ2n) is 3.67. The largest absolute Gasteiger partial charge is 0.437 e. The SMILES string of the molecule is Cc1nn(C)c(Oc2ccc(C#N)cc2)c1N. The number of nitriles is 1. The zero-order valence-electron chi connectivity index (χ0n) is 9.64. The van der Waals surface area contributed by atoms with E-state index in [1.54, 1.807) is 36.0 Å². The predicted octanol–water partition coefficient (Wildman–Crippen LogP) is 1.97. The summed E-state index contributed by atoms with van der Waals surface area (Å²) in [4.78, 5) is 0. The molecule has 0 aliphatic rings. The number of hydrogen-bond donors (Lipinski definition) is 1. The normalized spacial score (nSPS) is 9.94. The van der Waals surface area contributed by atoms with Gasteiger partial charge in [-0.3, -0.25) is 0 Å². The summed E-state index contributed by atoms with van der Waals surface area (Å²) in [5.41, 5.74) is 7.69. The summed E-state index contributed by atoms with van der Waals surface area (Å²) in [6, 6.07) is 8.87. The van der Waals surface area contributed by atoms with Gasteiger partial charge in [0.15, 0.2) is 0 Å². The van der Waals surface area contributed by atoms with Gasteiger partial charge in [-0.25, -0.2) is 4.68 Å². The molecule has 5 nitrogen and oxygen atoms in total. The van der Waals surface area contributed by atoms with Gasteiger partial charge in [-0.05, 0) is 31.2 Å². The molecule has 0 aliphatic carbocycles. The lowest BCUT2D eigenvalue weighted by Gasteiger charge is -2.06. The first-order valence-corrected chi connectivity index (χ1v) is 5.09. The molecule has 0 fully saturated rings. The summed E-state index contributed by atoms with van der Waals surface area (Å²) in [5, 5.41) is 12.8. The molecular weight excluding hydrogens is 216 g/mol. The lowest BCUT2D eigenvalue weighted by Crippen LogP contribution is -1.97. The highest BCUT2D eigenvalue weighted by Crippen LogP contribution is 2.28. The smallest absolute Gasteiger partial charge is 0.241 e. The van der Waals surface area contributed by atoms with E-state index in [1.807, 2.05) is 13.0 Å². The number of aromatic nitrogens is 2. The van der Waals surface area contributed by atoms with Crippen molar-refractivity contribution in [1.82, 2.24) is 9.78 Å². The number of hydrogen-bond acceptors (Lipinski definition) is 4. The van der Waals surface area contributed by atoms with E-state index in [9.17, 15) is 0 Å². The average Bonchev–Trinajstić information content (AvgIpc) is 2.57. The van der Waals surface area contributed by atoms with Crippen molar-refractivity contribution >= 4 is 5.69 Å². The summed E-state index contributed by atoms with van der Waals surface area (Å²) in [7, 11) is 1.77. The van der Waals surface area contributed by atoms with Gasteiger partial charge >= 0.3 is 0 Å². The van der Waals surface area contributed by atoms with Crippen molar-refractivity contribution in [3.63, 3.8) is 0 Å². The Morgan fingerprint density at radius 3 is 2.47 bits per heavy atom. The molecule has 0 atom stereocenters. The Hall–Kier alpha value is -2.48. The maximum Gasteiger partial charge on any atom is 0.241 e. The van der Waals surface area contributed by atoms with Gasteiger partial charge < -0.3 is 10.5 Å². The standard InChI is InChI=1S/C12H12N4O/c1-8-11(14)12(16(2)15-8)17-10-5-3-9(7-13)4-6-10/h3-6H,14H2,1-2H3. The summed E-state index contributed by atoms with van der Waals surface area (Å²) in [6.07, 6.45) is 0. The van der Waals surface area contributed by atoms with Crippen molar-refractivity contribution in [2.45, 2.75) is 6.92 Å². The number of ether oxygens (including phenoxy) is 1. The number of rotatable bonds is 2. The van der Waals surface area contributed by atoms with Gasteiger partial charge in [0.05, 0.1) is 17.3 Å². The lowest BCUT2D eigenvalue weighted by atomic mass is 10.2. The van der Waals surface area contributed by atoms with Gasteiger partial charge in [-0.2, -0.15) is 10.4 Å². The average molecular weight is 228 g/mol. The highest BCUT2D eigenvalue weighted by Gasteiger charge is 2.11. The molecule has 0 amide bonds. The van der Waals surface area contributed by atoms with Crippen LogP contribution in [0.4, 0.5) is 5.69 Å². The Morgan fingerprint density at radius 1 is 1.35 bits per heavy atom. The van der Waals surface area contributed by atoms with E-state index in [0.29, 0.717) is 22.9 Å². The molecule has 0 aliphatic heterocycles. The van der Waals surface area contributed by atoms with Crippen molar-refractivity contribution in [3.05, 3.63) is 35.5 Å². The molecule has 0 saturated carbocycles. The van der Waals surface area contributed by atoms with Crippen LogP contribution in [0.15, 0.2) is 24.3 Å². The predicted molar refractivity (Wildman–Crippen MR) is 63.6 cm³/mol. The third-order valence-corrected chi connectivity index (χ3v) is 2.41. The molecule has 0 bridgehead atoms. The van der Waals surface area contributed by atoms with Crippen LogP contribution in [-0.2, 0) is 7.05 Å². The quantitative estimate of drug-likeness (QED) is 0.852. The Balaban J connectivity index is 2.29.